The van der Waals surface area contributed by atoms with Gasteiger partial charge in [-0.25, -0.2) is 15.0 Å². The van der Waals surface area contributed by atoms with Crippen LogP contribution in [0.1, 0.15) is 5.56 Å². The summed E-state index contributed by atoms with van der Waals surface area (Å²) in [5.41, 5.74) is 3.27. The largest absolute Gasteiger partial charge is 0.491 e. The number of imidazole rings is 1. The highest BCUT2D eigenvalue weighted by atomic mass is 16.5. The fraction of sp³-hybridized carbons (Fsp3) is 0.174. The van der Waals surface area contributed by atoms with E-state index < -0.39 is 0 Å². The van der Waals surface area contributed by atoms with Crippen LogP contribution < -0.4 is 10.1 Å². The smallest absolute Gasteiger partial charge is 0.240 e. The number of ether oxygens (including phenoxy) is 2. The molecule has 0 bridgehead atoms. The molecule has 2 heterocycles. The number of nitrogens with zero attached hydrogens (tertiary/aromatic N) is 5. The molecule has 0 aliphatic carbocycles. The lowest BCUT2D eigenvalue weighted by atomic mass is 10.1. The highest BCUT2D eigenvalue weighted by Crippen LogP contribution is 2.20. The van der Waals surface area contributed by atoms with E-state index in [-0.39, 0.29) is 5.78 Å². The lowest BCUT2D eigenvalue weighted by Gasteiger charge is -2.09. The van der Waals surface area contributed by atoms with Crippen LogP contribution in [0, 0.1) is 0 Å². The van der Waals surface area contributed by atoms with E-state index in [0.717, 1.165) is 28.0 Å². The highest BCUT2D eigenvalue weighted by molar-refractivity contribution is 5.91. The van der Waals surface area contributed by atoms with E-state index >= 15 is 0 Å². The van der Waals surface area contributed by atoms with Crippen LogP contribution in [0.25, 0.3) is 17.0 Å². The molecular weight excluding hydrogens is 408 g/mol. The first-order chi connectivity index (χ1) is 15.7. The summed E-state index contributed by atoms with van der Waals surface area (Å²) in [6.07, 6.45) is 4.71. The van der Waals surface area contributed by atoms with Crippen molar-refractivity contribution in [3.05, 3.63) is 73.3 Å². The molecule has 9 nitrogen and oxygen atoms in total. The first-order valence-electron chi connectivity index (χ1n) is 9.96. The van der Waals surface area contributed by atoms with Gasteiger partial charge in [0.2, 0.25) is 11.9 Å². The van der Waals surface area contributed by atoms with Crippen molar-refractivity contribution in [2.75, 3.05) is 25.6 Å². The van der Waals surface area contributed by atoms with Crippen LogP contribution in [0.5, 0.6) is 5.75 Å². The van der Waals surface area contributed by atoms with Gasteiger partial charge in [-0.2, -0.15) is 4.98 Å². The monoisotopic (exact) mass is 430 g/mol. The number of nitrogens with one attached hydrogen (secondary N) is 1. The summed E-state index contributed by atoms with van der Waals surface area (Å²) >= 11 is 0. The predicted molar refractivity (Wildman–Crippen MR) is 120 cm³/mol. The molecular formula is C23H22N6O3. The van der Waals surface area contributed by atoms with Crippen molar-refractivity contribution >= 4 is 28.5 Å². The summed E-state index contributed by atoms with van der Waals surface area (Å²) in [6, 6.07) is 13.1. The zero-order chi connectivity index (χ0) is 22.3. The normalized spacial score (nSPS) is 10.8. The van der Waals surface area contributed by atoms with Gasteiger partial charge in [0.15, 0.2) is 5.78 Å². The van der Waals surface area contributed by atoms with Crippen molar-refractivity contribution in [2.24, 2.45) is 0 Å². The Morgan fingerprint density at radius 1 is 1.12 bits per heavy atom. The maximum absolute atomic E-state index is 11.6. The average molecular weight is 430 g/mol. The van der Waals surface area contributed by atoms with Gasteiger partial charge in [-0.1, -0.05) is 12.6 Å². The van der Waals surface area contributed by atoms with Gasteiger partial charge in [0.1, 0.15) is 25.0 Å². The number of aromatic nitrogens is 5. The number of hydrogen-bond acceptors (Lipinski definition) is 8. The lowest BCUT2D eigenvalue weighted by molar-refractivity contribution is -0.114. The maximum Gasteiger partial charge on any atom is 0.240 e. The molecule has 0 amide bonds. The molecule has 0 aliphatic heterocycles. The first kappa shape index (κ1) is 21.1. The molecule has 0 radical (unpaired) electrons. The Balaban J connectivity index is 1.51. The molecule has 0 spiro atoms. The second-order valence-corrected chi connectivity index (χ2v) is 6.88. The van der Waals surface area contributed by atoms with Gasteiger partial charge in [0.25, 0.3) is 0 Å². The van der Waals surface area contributed by atoms with Crippen molar-refractivity contribution in [1.82, 2.24) is 24.5 Å². The lowest BCUT2D eigenvalue weighted by Crippen LogP contribution is -2.05. The van der Waals surface area contributed by atoms with Crippen molar-refractivity contribution in [2.45, 2.75) is 6.42 Å². The second kappa shape index (κ2) is 9.80. The molecule has 0 atom stereocenters. The van der Waals surface area contributed by atoms with E-state index in [1.54, 1.807) is 18.0 Å². The van der Waals surface area contributed by atoms with Crippen molar-refractivity contribution in [3.8, 4) is 11.7 Å². The fourth-order valence-corrected chi connectivity index (χ4v) is 3.07. The highest BCUT2D eigenvalue weighted by Gasteiger charge is 2.10. The van der Waals surface area contributed by atoms with Crippen LogP contribution in [0.4, 0.5) is 11.6 Å². The third kappa shape index (κ3) is 4.96. The molecule has 1 N–H and O–H groups in total. The van der Waals surface area contributed by atoms with E-state index in [0.29, 0.717) is 31.5 Å². The number of methoxy groups -OCH3 is 1. The molecule has 0 fully saturated rings. The third-order valence-corrected chi connectivity index (χ3v) is 4.66. The van der Waals surface area contributed by atoms with E-state index in [2.05, 4.69) is 31.8 Å². The molecule has 0 unspecified atom stereocenters. The van der Waals surface area contributed by atoms with Crippen LogP contribution in [-0.4, -0.2) is 50.6 Å². The summed E-state index contributed by atoms with van der Waals surface area (Å²) in [5, 5.41) is 3.16. The van der Waals surface area contributed by atoms with Crippen LogP contribution in [0.3, 0.4) is 0 Å². The molecule has 4 rings (SSSR count). The minimum Gasteiger partial charge on any atom is -0.491 e. The summed E-state index contributed by atoms with van der Waals surface area (Å²) in [6.45, 7) is 4.54. The van der Waals surface area contributed by atoms with Crippen LogP contribution in [0.15, 0.2) is 67.8 Å². The maximum atomic E-state index is 11.6. The van der Waals surface area contributed by atoms with Gasteiger partial charge in [-0.05, 0) is 48.0 Å². The van der Waals surface area contributed by atoms with E-state index in [9.17, 15) is 4.79 Å². The van der Waals surface area contributed by atoms with E-state index in [4.69, 9.17) is 9.47 Å². The van der Waals surface area contributed by atoms with Crippen molar-refractivity contribution < 1.29 is 14.3 Å². The number of ketones is 1. The van der Waals surface area contributed by atoms with Gasteiger partial charge in [-0.3, -0.25) is 9.36 Å². The fourth-order valence-electron chi connectivity index (χ4n) is 3.07. The molecule has 0 saturated carbocycles. The second-order valence-electron chi connectivity index (χ2n) is 6.88. The predicted octanol–water partition coefficient (Wildman–Crippen LogP) is 3.28. The number of allylic oxidation sites excluding steroid dienone is 1. The average Bonchev–Trinajstić information content (AvgIpc) is 3.24. The van der Waals surface area contributed by atoms with Crippen LogP contribution in [0.2, 0.25) is 0 Å². The number of anilines is 2. The zero-order valence-electron chi connectivity index (χ0n) is 17.6. The summed E-state index contributed by atoms with van der Waals surface area (Å²) in [7, 11) is 1.63. The number of fused-ring (bicyclic) bond motifs is 1. The minimum absolute atomic E-state index is 0.0356. The topological polar surface area (TPSA) is 104 Å². The molecule has 32 heavy (non-hydrogen) atoms. The number of benzene rings is 2. The van der Waals surface area contributed by atoms with Gasteiger partial charge in [-0.15, -0.1) is 0 Å². The zero-order valence-corrected chi connectivity index (χ0v) is 17.6. The van der Waals surface area contributed by atoms with Gasteiger partial charge in [0.05, 0.1) is 17.6 Å². The Morgan fingerprint density at radius 2 is 1.97 bits per heavy atom. The quantitative estimate of drug-likeness (QED) is 0.302. The molecule has 9 heteroatoms. The Kier molecular flexibility index (Phi) is 6.47. The summed E-state index contributed by atoms with van der Waals surface area (Å²) in [5.74, 6) is 1.55. The van der Waals surface area contributed by atoms with Gasteiger partial charge in [0, 0.05) is 19.2 Å². The molecule has 2 aromatic carbocycles. The Hall–Kier alpha value is -4.11. The Labute approximate surface area is 184 Å². The van der Waals surface area contributed by atoms with Gasteiger partial charge < -0.3 is 14.8 Å². The van der Waals surface area contributed by atoms with E-state index in [1.807, 2.05) is 42.5 Å². The summed E-state index contributed by atoms with van der Waals surface area (Å²) in [4.78, 5) is 29.0. The minimum atomic E-state index is -0.0356. The van der Waals surface area contributed by atoms with Gasteiger partial charge >= 0.3 is 0 Å². The van der Waals surface area contributed by atoms with Crippen molar-refractivity contribution in [3.63, 3.8) is 0 Å². The Morgan fingerprint density at radius 3 is 2.75 bits per heavy atom. The molecule has 0 saturated heterocycles. The molecule has 4 aromatic rings. The first-order valence-corrected chi connectivity index (χ1v) is 9.96. The van der Waals surface area contributed by atoms with E-state index in [1.165, 1.54) is 12.4 Å². The number of carbonyl (C=O) groups is 1. The standard InChI is InChI=1S/C23H22N6O3/c1-3-18(30)12-16-4-9-21-20(13-16)26-15-29(21)23-25-14-24-22(28-23)27-17-5-7-19(8-6-17)32-11-10-31-2/h3-9,13-15H,1,10-12H2,2H3,(H,24,25,27,28). The van der Waals surface area contributed by atoms with Crippen molar-refractivity contribution in [1.29, 1.82) is 0 Å². The number of hydrogen-bond donors (Lipinski definition) is 1. The Bertz CT molecular complexity index is 1240. The molecule has 2 aromatic heterocycles. The SMILES string of the molecule is C=CC(=O)Cc1ccc2c(c1)ncn2-c1ncnc(Nc2ccc(OCCOC)cc2)n1. The molecule has 0 aliphatic rings. The third-order valence-electron chi connectivity index (χ3n) is 4.66. The van der Waals surface area contributed by atoms with Crippen LogP contribution in [-0.2, 0) is 16.0 Å². The number of carbonyl (C=O) groups excluding carboxylic acids is 1. The number of rotatable bonds is 10. The summed E-state index contributed by atoms with van der Waals surface area (Å²) < 4.78 is 12.3. The molecule has 162 valence electrons. The van der Waals surface area contributed by atoms with Crippen LogP contribution >= 0.6 is 0 Å².